The summed E-state index contributed by atoms with van der Waals surface area (Å²) in [7, 11) is -3.53. The zero-order chi connectivity index (χ0) is 14.7. The topological polar surface area (TPSA) is 68.3 Å². The molecule has 0 amide bonds. The van der Waals surface area contributed by atoms with Gasteiger partial charge in [-0.1, -0.05) is 6.07 Å². The lowest BCUT2D eigenvalue weighted by molar-refractivity contribution is 0.288. The van der Waals surface area contributed by atoms with E-state index in [9.17, 15) is 8.42 Å². The minimum absolute atomic E-state index is 0.226. The monoisotopic (exact) mass is 304 g/mol. The Morgan fingerprint density at radius 3 is 3.00 bits per heavy atom. The summed E-state index contributed by atoms with van der Waals surface area (Å²) in [6, 6.07) is 8.61. The fraction of sp³-hybridized carbons (Fsp3) is 0.267. The summed E-state index contributed by atoms with van der Waals surface area (Å²) >= 11 is 0. The van der Waals surface area contributed by atoms with E-state index in [0.29, 0.717) is 6.61 Å². The average Bonchev–Trinajstić information content (AvgIpc) is 2.53. The highest BCUT2D eigenvalue weighted by Gasteiger charge is 2.18. The third-order valence-electron chi connectivity index (χ3n) is 3.38. The number of sulfonamides is 1. The van der Waals surface area contributed by atoms with Crippen molar-refractivity contribution in [3.8, 4) is 5.75 Å². The van der Waals surface area contributed by atoms with E-state index in [-0.39, 0.29) is 11.4 Å². The number of aromatic nitrogens is 1. The molecule has 21 heavy (non-hydrogen) atoms. The fourth-order valence-electron chi connectivity index (χ4n) is 2.27. The Labute approximate surface area is 124 Å². The van der Waals surface area contributed by atoms with Crippen LogP contribution in [0.2, 0.25) is 0 Å². The van der Waals surface area contributed by atoms with Gasteiger partial charge in [0.25, 0.3) is 0 Å². The van der Waals surface area contributed by atoms with Gasteiger partial charge in [0, 0.05) is 18.9 Å². The molecular weight excluding hydrogens is 288 g/mol. The number of nitrogens with zero attached hydrogens (tertiary/aromatic N) is 1. The smallest absolute Gasteiger partial charge is 0.240 e. The first kappa shape index (κ1) is 14.0. The number of pyridine rings is 1. The van der Waals surface area contributed by atoms with Crippen LogP contribution in [0.15, 0.2) is 47.6 Å². The highest BCUT2D eigenvalue weighted by Crippen LogP contribution is 2.27. The van der Waals surface area contributed by atoms with Crippen LogP contribution >= 0.6 is 0 Å². The Kier molecular flexibility index (Phi) is 3.90. The van der Waals surface area contributed by atoms with Crippen molar-refractivity contribution < 1.29 is 13.2 Å². The van der Waals surface area contributed by atoms with Gasteiger partial charge >= 0.3 is 0 Å². The van der Waals surface area contributed by atoms with E-state index < -0.39 is 10.0 Å². The molecule has 0 fully saturated rings. The van der Waals surface area contributed by atoms with E-state index in [4.69, 9.17) is 4.74 Å². The first-order valence-electron chi connectivity index (χ1n) is 6.79. The number of hydrogen-bond acceptors (Lipinski definition) is 4. The van der Waals surface area contributed by atoms with Crippen LogP contribution < -0.4 is 9.46 Å². The van der Waals surface area contributed by atoms with Crippen LogP contribution in [-0.2, 0) is 23.0 Å². The lowest BCUT2D eigenvalue weighted by Crippen LogP contribution is -2.23. The van der Waals surface area contributed by atoms with Crippen LogP contribution in [0.3, 0.4) is 0 Å². The lowest BCUT2D eigenvalue weighted by Gasteiger charge is -2.18. The van der Waals surface area contributed by atoms with Crippen molar-refractivity contribution in [2.45, 2.75) is 24.3 Å². The molecule has 0 saturated heterocycles. The van der Waals surface area contributed by atoms with E-state index >= 15 is 0 Å². The maximum atomic E-state index is 12.3. The lowest BCUT2D eigenvalue weighted by atomic mass is 10.1. The van der Waals surface area contributed by atoms with Crippen LogP contribution in [-0.4, -0.2) is 20.0 Å². The summed E-state index contributed by atoms with van der Waals surface area (Å²) < 4.78 is 32.7. The van der Waals surface area contributed by atoms with Crippen LogP contribution in [0, 0.1) is 0 Å². The van der Waals surface area contributed by atoms with E-state index in [1.807, 2.05) is 6.07 Å². The molecule has 2 heterocycles. The molecule has 6 heteroatoms. The van der Waals surface area contributed by atoms with Crippen LogP contribution in [0.5, 0.6) is 5.75 Å². The summed E-state index contributed by atoms with van der Waals surface area (Å²) in [5, 5.41) is 0. The van der Waals surface area contributed by atoms with E-state index in [0.717, 1.165) is 29.7 Å². The molecule has 5 nitrogen and oxygen atoms in total. The number of benzene rings is 1. The van der Waals surface area contributed by atoms with Gasteiger partial charge in [0.15, 0.2) is 0 Å². The minimum Gasteiger partial charge on any atom is -0.493 e. The van der Waals surface area contributed by atoms with Gasteiger partial charge in [0.1, 0.15) is 5.75 Å². The molecule has 110 valence electrons. The van der Waals surface area contributed by atoms with Gasteiger partial charge in [-0.2, -0.15) is 0 Å². The number of nitrogens with one attached hydrogen (secondary N) is 1. The third kappa shape index (κ3) is 3.22. The maximum Gasteiger partial charge on any atom is 0.240 e. The Balaban J connectivity index is 1.78. The molecule has 1 aromatic heterocycles. The molecule has 0 saturated carbocycles. The Morgan fingerprint density at radius 1 is 1.29 bits per heavy atom. The Bertz CT molecular complexity index is 730. The SMILES string of the molecule is O=S(=O)(NCc1cccnc1)c1ccc2c(c1)CCCO2. The second kappa shape index (κ2) is 5.83. The summed E-state index contributed by atoms with van der Waals surface area (Å²) in [6.45, 7) is 0.919. The highest BCUT2D eigenvalue weighted by molar-refractivity contribution is 7.89. The maximum absolute atomic E-state index is 12.3. The van der Waals surface area contributed by atoms with Gasteiger partial charge in [-0.3, -0.25) is 4.98 Å². The second-order valence-electron chi connectivity index (χ2n) is 4.91. The highest BCUT2D eigenvalue weighted by atomic mass is 32.2. The number of rotatable bonds is 4. The van der Waals surface area contributed by atoms with Gasteiger partial charge in [-0.05, 0) is 48.2 Å². The second-order valence-corrected chi connectivity index (χ2v) is 6.67. The first-order valence-corrected chi connectivity index (χ1v) is 8.28. The van der Waals surface area contributed by atoms with Gasteiger partial charge in [-0.25, -0.2) is 13.1 Å². The van der Waals surface area contributed by atoms with Crippen molar-refractivity contribution >= 4 is 10.0 Å². The standard InChI is InChI=1S/C15H16N2O3S/c18-21(19,17-11-12-3-1-7-16-10-12)14-5-6-15-13(9-14)4-2-8-20-15/h1,3,5-7,9-10,17H,2,4,8,11H2. The number of ether oxygens (including phenoxy) is 1. The number of fused-ring (bicyclic) bond motifs is 1. The minimum atomic E-state index is -3.53. The molecule has 1 aliphatic heterocycles. The first-order chi connectivity index (χ1) is 10.1. The molecule has 0 unspecified atom stereocenters. The normalized spacial score (nSPS) is 14.3. The molecule has 0 spiro atoms. The molecule has 1 N–H and O–H groups in total. The molecule has 1 aliphatic rings. The van der Waals surface area contributed by atoms with Crippen molar-refractivity contribution in [1.29, 1.82) is 0 Å². The Hall–Kier alpha value is -1.92. The van der Waals surface area contributed by atoms with Crippen molar-refractivity contribution in [1.82, 2.24) is 9.71 Å². The van der Waals surface area contributed by atoms with Crippen LogP contribution in [0.25, 0.3) is 0 Å². The predicted molar refractivity (Wildman–Crippen MR) is 78.5 cm³/mol. The summed E-state index contributed by atoms with van der Waals surface area (Å²) in [4.78, 5) is 4.24. The Morgan fingerprint density at radius 2 is 2.19 bits per heavy atom. The number of aryl methyl sites for hydroxylation is 1. The fourth-order valence-corrected chi connectivity index (χ4v) is 3.34. The zero-order valence-corrected chi connectivity index (χ0v) is 12.3. The van der Waals surface area contributed by atoms with E-state index in [1.54, 1.807) is 36.7 Å². The molecule has 0 atom stereocenters. The summed E-state index contributed by atoms with van der Waals surface area (Å²) in [5.74, 6) is 0.785. The molecule has 0 radical (unpaired) electrons. The summed E-state index contributed by atoms with van der Waals surface area (Å²) in [6.07, 6.45) is 5.06. The molecular formula is C15H16N2O3S. The van der Waals surface area contributed by atoms with Crippen LogP contribution in [0.1, 0.15) is 17.5 Å². The van der Waals surface area contributed by atoms with E-state index in [2.05, 4.69) is 9.71 Å². The van der Waals surface area contributed by atoms with Crippen molar-refractivity contribution in [2.24, 2.45) is 0 Å². The third-order valence-corrected chi connectivity index (χ3v) is 4.78. The number of hydrogen-bond donors (Lipinski definition) is 1. The zero-order valence-electron chi connectivity index (χ0n) is 11.5. The molecule has 1 aromatic carbocycles. The van der Waals surface area contributed by atoms with Crippen molar-refractivity contribution in [2.75, 3.05) is 6.61 Å². The predicted octanol–water partition coefficient (Wildman–Crippen LogP) is 1.89. The van der Waals surface area contributed by atoms with Crippen molar-refractivity contribution in [3.63, 3.8) is 0 Å². The van der Waals surface area contributed by atoms with Crippen LogP contribution in [0.4, 0.5) is 0 Å². The van der Waals surface area contributed by atoms with Gasteiger partial charge < -0.3 is 4.74 Å². The molecule has 0 aliphatic carbocycles. The van der Waals surface area contributed by atoms with Crippen molar-refractivity contribution in [3.05, 3.63) is 53.9 Å². The quantitative estimate of drug-likeness (QED) is 0.936. The van der Waals surface area contributed by atoms with E-state index in [1.165, 1.54) is 0 Å². The van der Waals surface area contributed by atoms with Gasteiger partial charge in [-0.15, -0.1) is 0 Å². The molecule has 3 rings (SSSR count). The van der Waals surface area contributed by atoms with Gasteiger partial charge in [0.2, 0.25) is 10.0 Å². The largest absolute Gasteiger partial charge is 0.493 e. The summed E-state index contributed by atoms with van der Waals surface area (Å²) in [5.41, 5.74) is 1.77. The van der Waals surface area contributed by atoms with Gasteiger partial charge in [0.05, 0.1) is 11.5 Å². The molecule has 2 aromatic rings. The average molecular weight is 304 g/mol. The molecule has 0 bridgehead atoms.